The van der Waals surface area contributed by atoms with E-state index in [0.29, 0.717) is 5.82 Å². The lowest BCUT2D eigenvalue weighted by Gasteiger charge is -2.33. The van der Waals surface area contributed by atoms with Gasteiger partial charge in [-0.2, -0.15) is 0 Å². The monoisotopic (exact) mass is 431 g/mol. The second-order valence-corrected chi connectivity index (χ2v) is 8.68. The highest BCUT2D eigenvalue weighted by atomic mass is 32.2. The standard InChI is InChI=1S/C23H21N5O2S/c1-31(29,30)27-21-12-5-13-22(26-21)28(20-10-3-2-4-11-20)23(18-8-6-14-24-16-18)19-9-7-15-25-17-19/h2-17,23H,1H3,(H,26,27). The van der Waals surface area contributed by atoms with E-state index in [1.807, 2.05) is 78.0 Å². The Labute approximate surface area is 181 Å². The molecule has 7 nitrogen and oxygen atoms in total. The number of sulfonamides is 1. The summed E-state index contributed by atoms with van der Waals surface area (Å²) < 4.78 is 26.0. The number of para-hydroxylation sites is 1. The number of pyridine rings is 3. The van der Waals surface area contributed by atoms with Gasteiger partial charge >= 0.3 is 0 Å². The van der Waals surface area contributed by atoms with E-state index < -0.39 is 10.0 Å². The smallest absolute Gasteiger partial charge is 0.230 e. The third-order valence-corrected chi connectivity index (χ3v) is 5.14. The molecular formula is C23H21N5O2S. The minimum absolute atomic E-state index is 0.247. The molecule has 0 unspecified atom stereocenters. The van der Waals surface area contributed by atoms with Gasteiger partial charge < -0.3 is 4.90 Å². The predicted molar refractivity (Wildman–Crippen MR) is 122 cm³/mol. The van der Waals surface area contributed by atoms with Gasteiger partial charge in [0.1, 0.15) is 11.6 Å². The van der Waals surface area contributed by atoms with Crippen LogP contribution in [0.25, 0.3) is 0 Å². The summed E-state index contributed by atoms with van der Waals surface area (Å²) in [6.07, 6.45) is 8.18. The molecular weight excluding hydrogens is 410 g/mol. The minimum Gasteiger partial charge on any atom is -0.315 e. The first-order chi connectivity index (χ1) is 15.0. The number of hydrogen-bond donors (Lipinski definition) is 1. The van der Waals surface area contributed by atoms with Gasteiger partial charge in [0.2, 0.25) is 10.0 Å². The Morgan fingerprint density at radius 2 is 1.45 bits per heavy atom. The molecule has 31 heavy (non-hydrogen) atoms. The van der Waals surface area contributed by atoms with Crippen LogP contribution in [0.15, 0.2) is 97.6 Å². The first kappa shape index (κ1) is 20.5. The number of nitrogens with zero attached hydrogens (tertiary/aromatic N) is 4. The van der Waals surface area contributed by atoms with Crippen LogP contribution >= 0.6 is 0 Å². The van der Waals surface area contributed by atoms with Gasteiger partial charge in [-0.25, -0.2) is 13.4 Å². The molecule has 0 aliphatic rings. The maximum Gasteiger partial charge on any atom is 0.230 e. The Morgan fingerprint density at radius 3 is 2.00 bits per heavy atom. The number of aromatic nitrogens is 3. The largest absolute Gasteiger partial charge is 0.315 e. The van der Waals surface area contributed by atoms with Crippen molar-refractivity contribution < 1.29 is 8.42 Å². The summed E-state index contributed by atoms with van der Waals surface area (Å²) in [6.45, 7) is 0. The van der Waals surface area contributed by atoms with E-state index in [1.165, 1.54) is 0 Å². The molecule has 4 rings (SSSR count). The molecule has 8 heteroatoms. The lowest BCUT2D eigenvalue weighted by molar-refractivity contribution is 0.606. The Kier molecular flexibility index (Phi) is 5.90. The third kappa shape index (κ3) is 5.04. The quantitative estimate of drug-likeness (QED) is 0.472. The number of hydrogen-bond acceptors (Lipinski definition) is 6. The van der Waals surface area contributed by atoms with Gasteiger partial charge in [-0.1, -0.05) is 36.4 Å². The van der Waals surface area contributed by atoms with E-state index >= 15 is 0 Å². The number of nitrogens with one attached hydrogen (secondary N) is 1. The molecule has 3 heterocycles. The van der Waals surface area contributed by atoms with Crippen molar-refractivity contribution >= 4 is 27.3 Å². The van der Waals surface area contributed by atoms with Gasteiger partial charge in [0, 0.05) is 30.5 Å². The second kappa shape index (κ2) is 8.93. The van der Waals surface area contributed by atoms with Crippen LogP contribution in [0.5, 0.6) is 0 Å². The predicted octanol–water partition coefficient (Wildman–Crippen LogP) is 4.17. The van der Waals surface area contributed by atoms with Crippen LogP contribution in [-0.2, 0) is 10.0 Å². The number of anilines is 3. The summed E-state index contributed by atoms with van der Waals surface area (Å²) in [6, 6.07) is 22.5. The molecule has 1 N–H and O–H groups in total. The Morgan fingerprint density at radius 1 is 0.806 bits per heavy atom. The molecule has 0 bridgehead atoms. The highest BCUT2D eigenvalue weighted by Crippen LogP contribution is 2.38. The van der Waals surface area contributed by atoms with E-state index in [1.54, 1.807) is 24.5 Å². The van der Waals surface area contributed by atoms with E-state index in [4.69, 9.17) is 0 Å². The SMILES string of the molecule is CS(=O)(=O)Nc1cccc(N(c2ccccc2)C(c2cccnc2)c2cccnc2)n1. The average Bonchev–Trinajstić information content (AvgIpc) is 2.78. The molecule has 0 radical (unpaired) electrons. The summed E-state index contributed by atoms with van der Waals surface area (Å²) in [7, 11) is -3.46. The Bertz CT molecular complexity index is 1200. The van der Waals surface area contributed by atoms with Crippen LogP contribution < -0.4 is 9.62 Å². The molecule has 3 aromatic heterocycles. The third-order valence-electron chi connectivity index (χ3n) is 4.56. The van der Waals surface area contributed by atoms with Crippen molar-refractivity contribution in [1.82, 2.24) is 15.0 Å². The normalized spacial score (nSPS) is 11.3. The lowest BCUT2D eigenvalue weighted by Crippen LogP contribution is -2.26. The molecule has 0 amide bonds. The van der Waals surface area contributed by atoms with E-state index in [2.05, 4.69) is 19.7 Å². The van der Waals surface area contributed by atoms with Gasteiger partial charge in [0.05, 0.1) is 12.3 Å². The zero-order valence-electron chi connectivity index (χ0n) is 16.8. The van der Waals surface area contributed by atoms with E-state index in [-0.39, 0.29) is 11.9 Å². The van der Waals surface area contributed by atoms with Crippen LogP contribution in [0.1, 0.15) is 17.2 Å². The fraction of sp³-hybridized carbons (Fsp3) is 0.0870. The molecule has 0 spiro atoms. The topological polar surface area (TPSA) is 88.1 Å². The summed E-state index contributed by atoms with van der Waals surface area (Å²) in [5.41, 5.74) is 2.79. The first-order valence-corrected chi connectivity index (χ1v) is 11.5. The highest BCUT2D eigenvalue weighted by molar-refractivity contribution is 7.92. The summed E-state index contributed by atoms with van der Waals surface area (Å²) in [5.74, 6) is 0.828. The van der Waals surface area contributed by atoms with Gasteiger partial charge in [0.25, 0.3) is 0 Å². The fourth-order valence-corrected chi connectivity index (χ4v) is 3.87. The molecule has 0 fully saturated rings. The minimum atomic E-state index is -3.46. The maximum absolute atomic E-state index is 11.7. The van der Waals surface area contributed by atoms with Crippen LogP contribution in [-0.4, -0.2) is 29.6 Å². The molecule has 0 saturated heterocycles. The van der Waals surface area contributed by atoms with Crippen molar-refractivity contribution in [2.24, 2.45) is 0 Å². The molecule has 1 aromatic carbocycles. The highest BCUT2D eigenvalue weighted by Gasteiger charge is 2.26. The molecule has 0 saturated carbocycles. The van der Waals surface area contributed by atoms with Crippen molar-refractivity contribution in [2.75, 3.05) is 15.9 Å². The molecule has 0 atom stereocenters. The lowest BCUT2D eigenvalue weighted by atomic mass is 9.99. The Balaban J connectivity index is 1.91. The van der Waals surface area contributed by atoms with Crippen molar-refractivity contribution in [3.05, 3.63) is 109 Å². The summed E-state index contributed by atoms with van der Waals surface area (Å²) in [5, 5.41) is 0. The molecule has 156 valence electrons. The van der Waals surface area contributed by atoms with Crippen LogP contribution in [0.2, 0.25) is 0 Å². The first-order valence-electron chi connectivity index (χ1n) is 9.60. The molecule has 0 aliphatic heterocycles. The zero-order chi connectivity index (χ0) is 21.7. The Hall–Kier alpha value is -3.78. The molecule has 0 aliphatic carbocycles. The van der Waals surface area contributed by atoms with Gasteiger partial charge in [0.15, 0.2) is 0 Å². The second-order valence-electron chi connectivity index (χ2n) is 6.94. The zero-order valence-corrected chi connectivity index (χ0v) is 17.6. The summed E-state index contributed by atoms with van der Waals surface area (Å²) in [4.78, 5) is 15.3. The van der Waals surface area contributed by atoms with E-state index in [9.17, 15) is 8.42 Å². The van der Waals surface area contributed by atoms with Crippen LogP contribution in [0.4, 0.5) is 17.3 Å². The average molecular weight is 432 g/mol. The van der Waals surface area contributed by atoms with Crippen molar-refractivity contribution in [3.63, 3.8) is 0 Å². The number of benzene rings is 1. The van der Waals surface area contributed by atoms with Gasteiger partial charge in [-0.3, -0.25) is 14.7 Å². The van der Waals surface area contributed by atoms with E-state index in [0.717, 1.165) is 23.1 Å². The van der Waals surface area contributed by atoms with Crippen molar-refractivity contribution in [3.8, 4) is 0 Å². The summed E-state index contributed by atoms with van der Waals surface area (Å²) >= 11 is 0. The van der Waals surface area contributed by atoms with Crippen LogP contribution in [0.3, 0.4) is 0 Å². The van der Waals surface area contributed by atoms with Gasteiger partial charge in [-0.05, 0) is 47.5 Å². The fourth-order valence-electron chi connectivity index (χ4n) is 3.37. The van der Waals surface area contributed by atoms with Gasteiger partial charge in [-0.15, -0.1) is 0 Å². The van der Waals surface area contributed by atoms with Crippen molar-refractivity contribution in [2.45, 2.75) is 6.04 Å². The maximum atomic E-state index is 11.7. The van der Waals surface area contributed by atoms with Crippen molar-refractivity contribution in [1.29, 1.82) is 0 Å². The molecule has 4 aromatic rings. The van der Waals surface area contributed by atoms with Crippen LogP contribution in [0, 0.1) is 0 Å². The number of rotatable bonds is 7.